The van der Waals surface area contributed by atoms with Gasteiger partial charge in [0.1, 0.15) is 11.8 Å². The van der Waals surface area contributed by atoms with E-state index in [0.29, 0.717) is 48.4 Å². The SMILES string of the molecule is CN1CCn2nc(Nc3nccc(-c4cc(C#N)c5c(c4)[C@@](C)(CO)CN5)n3)cc2C1=O. The molecule has 0 unspecified atom stereocenters. The van der Waals surface area contributed by atoms with Gasteiger partial charge in [0.2, 0.25) is 5.95 Å². The Hall–Kier alpha value is -3.97. The first-order valence-electron chi connectivity index (χ1n) is 10.3. The number of aliphatic hydroxyl groups is 1. The van der Waals surface area contributed by atoms with Gasteiger partial charge in [-0.2, -0.15) is 10.4 Å². The van der Waals surface area contributed by atoms with E-state index in [0.717, 1.165) is 16.8 Å². The second kappa shape index (κ2) is 7.32. The highest BCUT2D eigenvalue weighted by Gasteiger charge is 2.36. The first kappa shape index (κ1) is 20.0. The van der Waals surface area contributed by atoms with Crippen LogP contribution in [-0.2, 0) is 12.0 Å². The fourth-order valence-electron chi connectivity index (χ4n) is 4.12. The topological polar surface area (TPSA) is 132 Å². The van der Waals surface area contributed by atoms with Crippen molar-refractivity contribution in [2.45, 2.75) is 18.9 Å². The van der Waals surface area contributed by atoms with Crippen molar-refractivity contribution in [1.82, 2.24) is 24.6 Å². The van der Waals surface area contributed by atoms with Crippen molar-refractivity contribution in [2.24, 2.45) is 0 Å². The Morgan fingerprint density at radius 3 is 2.97 bits per heavy atom. The zero-order valence-electron chi connectivity index (χ0n) is 17.8. The normalized spacial score (nSPS) is 19.2. The van der Waals surface area contributed by atoms with Crippen molar-refractivity contribution in [3.63, 3.8) is 0 Å². The molecule has 0 spiro atoms. The van der Waals surface area contributed by atoms with Gasteiger partial charge in [0.05, 0.1) is 30.1 Å². The molecule has 162 valence electrons. The number of anilines is 3. The van der Waals surface area contributed by atoms with Crippen LogP contribution in [0.1, 0.15) is 28.5 Å². The fourth-order valence-corrected chi connectivity index (χ4v) is 4.12. The maximum absolute atomic E-state index is 12.3. The Bertz CT molecular complexity index is 1280. The van der Waals surface area contributed by atoms with Gasteiger partial charge in [0.15, 0.2) is 5.82 Å². The van der Waals surface area contributed by atoms with Crippen molar-refractivity contribution >= 4 is 23.4 Å². The smallest absolute Gasteiger partial charge is 0.272 e. The van der Waals surface area contributed by atoms with Crippen LogP contribution in [0.2, 0.25) is 0 Å². The van der Waals surface area contributed by atoms with Crippen LogP contribution < -0.4 is 10.6 Å². The summed E-state index contributed by atoms with van der Waals surface area (Å²) >= 11 is 0. The molecule has 10 nitrogen and oxygen atoms in total. The van der Waals surface area contributed by atoms with Gasteiger partial charge in [-0.1, -0.05) is 6.92 Å². The molecule has 3 aromatic rings. The van der Waals surface area contributed by atoms with Gasteiger partial charge in [-0.25, -0.2) is 9.97 Å². The van der Waals surface area contributed by atoms with Crippen LogP contribution in [0.3, 0.4) is 0 Å². The predicted octanol–water partition coefficient (Wildman–Crippen LogP) is 1.72. The summed E-state index contributed by atoms with van der Waals surface area (Å²) in [6, 6.07) is 9.44. The van der Waals surface area contributed by atoms with Gasteiger partial charge in [0, 0.05) is 43.4 Å². The molecular formula is C22H22N8O2. The van der Waals surface area contributed by atoms with E-state index in [-0.39, 0.29) is 12.5 Å². The first-order chi connectivity index (χ1) is 15.4. The molecule has 0 fully saturated rings. The summed E-state index contributed by atoms with van der Waals surface area (Å²) in [6.07, 6.45) is 1.63. The molecular weight excluding hydrogens is 408 g/mol. The average molecular weight is 430 g/mol. The molecule has 0 radical (unpaired) electrons. The van der Waals surface area contributed by atoms with E-state index in [9.17, 15) is 15.2 Å². The standard InChI is InChI=1S/C22H22N8O2/c1-22(12-31)11-25-19-14(10-23)7-13(8-15(19)22)16-3-4-24-21(26-16)27-18-9-17-20(32)29(2)5-6-30(17)28-18/h3-4,7-9,25,31H,5-6,11-12H2,1-2H3,(H,24,26,27,28)/t22-/m1/s1. The van der Waals surface area contributed by atoms with Crippen molar-refractivity contribution in [1.29, 1.82) is 5.26 Å². The lowest BCUT2D eigenvalue weighted by molar-refractivity contribution is 0.0743. The number of aliphatic hydroxyl groups excluding tert-OH is 1. The molecule has 5 rings (SSSR count). The highest BCUT2D eigenvalue weighted by atomic mass is 16.3. The van der Waals surface area contributed by atoms with Gasteiger partial charge in [-0.3, -0.25) is 9.48 Å². The van der Waals surface area contributed by atoms with Crippen LogP contribution in [0.15, 0.2) is 30.5 Å². The third-order valence-electron chi connectivity index (χ3n) is 6.10. The predicted molar refractivity (Wildman–Crippen MR) is 118 cm³/mol. The Morgan fingerprint density at radius 2 is 2.19 bits per heavy atom. The number of amides is 1. The van der Waals surface area contributed by atoms with Crippen molar-refractivity contribution < 1.29 is 9.90 Å². The summed E-state index contributed by atoms with van der Waals surface area (Å²) in [5, 5.41) is 30.3. The van der Waals surface area contributed by atoms with Gasteiger partial charge in [-0.05, 0) is 23.8 Å². The third kappa shape index (κ3) is 3.14. The summed E-state index contributed by atoms with van der Waals surface area (Å²) in [7, 11) is 1.77. The number of fused-ring (bicyclic) bond motifs is 2. The van der Waals surface area contributed by atoms with E-state index >= 15 is 0 Å². The lowest BCUT2D eigenvalue weighted by atomic mass is 9.83. The van der Waals surface area contributed by atoms with E-state index < -0.39 is 5.41 Å². The van der Waals surface area contributed by atoms with Crippen LogP contribution in [0, 0.1) is 11.3 Å². The van der Waals surface area contributed by atoms with Gasteiger partial charge < -0.3 is 20.6 Å². The Morgan fingerprint density at radius 1 is 1.34 bits per heavy atom. The van der Waals surface area contributed by atoms with Crippen LogP contribution in [0.4, 0.5) is 17.5 Å². The molecule has 0 saturated heterocycles. The molecule has 1 amide bonds. The minimum absolute atomic E-state index is 0.0310. The summed E-state index contributed by atoms with van der Waals surface area (Å²) in [5.41, 5.74) is 3.60. The van der Waals surface area contributed by atoms with E-state index in [2.05, 4.69) is 31.8 Å². The molecule has 0 aliphatic carbocycles. The summed E-state index contributed by atoms with van der Waals surface area (Å²) in [5.74, 6) is 0.750. The monoisotopic (exact) mass is 430 g/mol. The molecule has 2 aliphatic heterocycles. The number of benzene rings is 1. The molecule has 2 aromatic heterocycles. The Balaban J connectivity index is 1.48. The number of hydrogen-bond acceptors (Lipinski definition) is 8. The number of carbonyl (C=O) groups is 1. The summed E-state index contributed by atoms with van der Waals surface area (Å²) in [4.78, 5) is 22.8. The lowest BCUT2D eigenvalue weighted by Gasteiger charge is -2.22. The highest BCUT2D eigenvalue weighted by Crippen LogP contribution is 2.41. The molecule has 3 N–H and O–H groups in total. The average Bonchev–Trinajstić information content (AvgIpc) is 3.37. The number of rotatable bonds is 4. The van der Waals surface area contributed by atoms with E-state index in [1.807, 2.05) is 13.0 Å². The molecule has 1 atom stereocenters. The molecule has 0 saturated carbocycles. The van der Waals surface area contributed by atoms with E-state index in [4.69, 9.17) is 0 Å². The molecule has 1 aromatic carbocycles. The quantitative estimate of drug-likeness (QED) is 0.570. The molecule has 2 aliphatic rings. The molecule has 4 heterocycles. The number of nitrogens with one attached hydrogen (secondary N) is 2. The van der Waals surface area contributed by atoms with Gasteiger partial charge >= 0.3 is 0 Å². The number of hydrogen-bond donors (Lipinski definition) is 3. The number of aromatic nitrogens is 4. The summed E-state index contributed by atoms with van der Waals surface area (Å²) < 4.78 is 1.68. The second-order valence-electron chi connectivity index (χ2n) is 8.39. The minimum Gasteiger partial charge on any atom is -0.395 e. The number of nitrogens with zero attached hydrogens (tertiary/aromatic N) is 6. The Kier molecular flexibility index (Phi) is 4.56. The number of nitriles is 1. The van der Waals surface area contributed by atoms with Crippen LogP contribution in [0.25, 0.3) is 11.3 Å². The largest absolute Gasteiger partial charge is 0.395 e. The molecule has 10 heteroatoms. The molecule has 0 bridgehead atoms. The number of likely N-dealkylation sites (N-methyl/N-ethyl adjacent to an activating group) is 1. The maximum Gasteiger partial charge on any atom is 0.272 e. The first-order valence-corrected chi connectivity index (χ1v) is 10.3. The van der Waals surface area contributed by atoms with Crippen LogP contribution >= 0.6 is 0 Å². The van der Waals surface area contributed by atoms with E-state index in [1.165, 1.54) is 0 Å². The Labute approximate surface area is 184 Å². The maximum atomic E-state index is 12.3. The van der Waals surface area contributed by atoms with Crippen molar-refractivity contribution in [3.05, 3.63) is 47.3 Å². The minimum atomic E-state index is -0.472. The lowest BCUT2D eigenvalue weighted by Crippen LogP contribution is -2.37. The van der Waals surface area contributed by atoms with Crippen molar-refractivity contribution in [2.75, 3.05) is 37.4 Å². The van der Waals surface area contributed by atoms with E-state index in [1.54, 1.807) is 41.0 Å². The zero-order valence-corrected chi connectivity index (χ0v) is 17.8. The van der Waals surface area contributed by atoms with Crippen LogP contribution in [0.5, 0.6) is 0 Å². The molecule has 32 heavy (non-hydrogen) atoms. The van der Waals surface area contributed by atoms with Crippen LogP contribution in [-0.4, -0.2) is 62.4 Å². The fraction of sp³-hybridized carbons (Fsp3) is 0.318. The van der Waals surface area contributed by atoms with Crippen molar-refractivity contribution in [3.8, 4) is 17.3 Å². The van der Waals surface area contributed by atoms with Gasteiger partial charge in [0.25, 0.3) is 5.91 Å². The van der Waals surface area contributed by atoms with Gasteiger partial charge in [-0.15, -0.1) is 0 Å². The summed E-state index contributed by atoms with van der Waals surface area (Å²) in [6.45, 7) is 3.73. The number of carbonyl (C=O) groups excluding carboxylic acids is 1. The zero-order chi connectivity index (χ0) is 22.5. The highest BCUT2D eigenvalue weighted by molar-refractivity contribution is 5.94. The second-order valence-corrected chi connectivity index (χ2v) is 8.39. The third-order valence-corrected chi connectivity index (χ3v) is 6.10.